The number of aromatic carboxylic acids is 1. The number of rotatable bonds is 6. The quantitative estimate of drug-likeness (QED) is 0.276. The second-order valence-electron chi connectivity index (χ2n) is 9.51. The van der Waals surface area contributed by atoms with Gasteiger partial charge in [0.05, 0.1) is 28.0 Å². The number of nitrogens with one attached hydrogen (secondary N) is 1. The molecule has 0 radical (unpaired) electrons. The van der Waals surface area contributed by atoms with Gasteiger partial charge in [-0.15, -0.1) is 0 Å². The first-order valence-corrected chi connectivity index (χ1v) is 12.8. The summed E-state index contributed by atoms with van der Waals surface area (Å²) in [6.45, 7) is 3.92. The van der Waals surface area contributed by atoms with Crippen LogP contribution in [0.1, 0.15) is 40.5 Å². The third-order valence-corrected chi connectivity index (χ3v) is 6.82. The van der Waals surface area contributed by atoms with Gasteiger partial charge in [0, 0.05) is 30.7 Å². The summed E-state index contributed by atoms with van der Waals surface area (Å²) < 4.78 is 7.20. The molecule has 0 bridgehead atoms. The Hall–Kier alpha value is -4.61. The normalized spacial score (nSPS) is 13.4. The van der Waals surface area contributed by atoms with E-state index in [1.54, 1.807) is 13.8 Å². The SMILES string of the molecule is Cc1cnc(C(=O)O)cn1.Cc1nc(-c2c(Cl)c3ccccc3n2-c2ccc(CNC(=O)C3(N)CC3)cc2)no1. The molecule has 1 saturated carbocycles. The summed E-state index contributed by atoms with van der Waals surface area (Å²) in [6.07, 6.45) is 4.15. The number of aromatic nitrogens is 5. The largest absolute Gasteiger partial charge is 0.476 e. The average Bonchev–Trinajstić information content (AvgIpc) is 3.45. The molecule has 5 aromatic rings. The number of hydrogen-bond acceptors (Lipinski definition) is 8. The first-order chi connectivity index (χ1) is 19.2. The Labute approximate surface area is 234 Å². The molecule has 6 rings (SSSR count). The van der Waals surface area contributed by atoms with Gasteiger partial charge in [0.15, 0.2) is 5.69 Å². The number of amides is 1. The number of hydrogen-bond donors (Lipinski definition) is 3. The van der Waals surface area contributed by atoms with Crippen LogP contribution in [0.15, 0.2) is 65.4 Å². The Morgan fingerprint density at radius 3 is 2.42 bits per heavy atom. The highest BCUT2D eigenvalue weighted by Crippen LogP contribution is 2.38. The van der Waals surface area contributed by atoms with Gasteiger partial charge in [-0.05, 0) is 43.5 Å². The lowest BCUT2D eigenvalue weighted by Crippen LogP contribution is -2.42. The first-order valence-electron chi connectivity index (χ1n) is 12.4. The number of carboxylic acids is 1. The topological polar surface area (TPSA) is 162 Å². The van der Waals surface area contributed by atoms with Crippen molar-refractivity contribution in [1.29, 1.82) is 0 Å². The third-order valence-electron chi connectivity index (χ3n) is 6.44. The van der Waals surface area contributed by atoms with E-state index < -0.39 is 11.5 Å². The number of carbonyl (C=O) groups excluding carboxylic acids is 1. The monoisotopic (exact) mass is 559 g/mol. The summed E-state index contributed by atoms with van der Waals surface area (Å²) in [5.74, 6) is -0.239. The number of para-hydroxylation sites is 1. The van der Waals surface area contributed by atoms with Crippen molar-refractivity contribution in [2.75, 3.05) is 0 Å². The van der Waals surface area contributed by atoms with Crippen molar-refractivity contribution in [1.82, 2.24) is 30.0 Å². The van der Waals surface area contributed by atoms with Gasteiger partial charge in [-0.3, -0.25) is 9.78 Å². The molecule has 0 saturated heterocycles. The molecule has 1 aliphatic carbocycles. The predicted octanol–water partition coefficient (Wildman–Crippen LogP) is 4.23. The molecule has 12 heteroatoms. The van der Waals surface area contributed by atoms with Gasteiger partial charge in [-0.2, -0.15) is 4.98 Å². The number of nitrogens with zero attached hydrogens (tertiary/aromatic N) is 5. The summed E-state index contributed by atoms with van der Waals surface area (Å²) in [6, 6.07) is 15.8. The van der Waals surface area contributed by atoms with E-state index in [9.17, 15) is 9.59 Å². The highest BCUT2D eigenvalue weighted by Gasteiger charge is 2.45. The third kappa shape index (κ3) is 5.56. The fourth-order valence-electron chi connectivity index (χ4n) is 4.05. The van der Waals surface area contributed by atoms with Gasteiger partial charge in [-0.1, -0.05) is 47.1 Å². The van der Waals surface area contributed by atoms with E-state index in [1.165, 1.54) is 12.4 Å². The Kier molecular flexibility index (Phi) is 7.33. The van der Waals surface area contributed by atoms with Crippen LogP contribution >= 0.6 is 11.6 Å². The maximum absolute atomic E-state index is 12.1. The van der Waals surface area contributed by atoms with Crippen LogP contribution in [0.4, 0.5) is 0 Å². The zero-order chi connectivity index (χ0) is 28.4. The van der Waals surface area contributed by atoms with Crippen LogP contribution in [-0.2, 0) is 11.3 Å². The van der Waals surface area contributed by atoms with Crippen molar-refractivity contribution in [2.24, 2.45) is 5.73 Å². The molecule has 11 nitrogen and oxygen atoms in total. The molecule has 2 aromatic carbocycles. The smallest absolute Gasteiger partial charge is 0.356 e. The van der Waals surface area contributed by atoms with Gasteiger partial charge >= 0.3 is 5.97 Å². The number of fused-ring (bicyclic) bond motifs is 1. The Morgan fingerprint density at radius 2 is 1.82 bits per heavy atom. The van der Waals surface area contributed by atoms with Gasteiger partial charge in [0.2, 0.25) is 17.6 Å². The van der Waals surface area contributed by atoms with Crippen molar-refractivity contribution >= 4 is 34.4 Å². The fraction of sp³-hybridized carbons (Fsp3) is 0.214. The highest BCUT2D eigenvalue weighted by molar-refractivity contribution is 6.38. The molecule has 3 heterocycles. The predicted molar refractivity (Wildman–Crippen MR) is 148 cm³/mol. The van der Waals surface area contributed by atoms with E-state index in [0.717, 1.165) is 35.0 Å². The van der Waals surface area contributed by atoms with Crippen LogP contribution in [0, 0.1) is 13.8 Å². The Morgan fingerprint density at radius 1 is 1.10 bits per heavy atom. The van der Waals surface area contributed by atoms with E-state index in [0.29, 0.717) is 34.7 Å². The van der Waals surface area contributed by atoms with Gasteiger partial charge in [0.1, 0.15) is 5.69 Å². The molecule has 3 aromatic heterocycles. The number of carbonyl (C=O) groups is 2. The lowest BCUT2D eigenvalue weighted by atomic mass is 10.2. The van der Waals surface area contributed by atoms with Crippen molar-refractivity contribution in [3.05, 3.63) is 88.8 Å². The van der Waals surface area contributed by atoms with E-state index >= 15 is 0 Å². The zero-order valence-electron chi connectivity index (χ0n) is 21.8. The minimum Gasteiger partial charge on any atom is -0.476 e. The molecule has 0 spiro atoms. The molecule has 4 N–H and O–H groups in total. The summed E-state index contributed by atoms with van der Waals surface area (Å²) >= 11 is 6.72. The van der Waals surface area contributed by atoms with Gasteiger partial charge < -0.3 is 25.2 Å². The second kappa shape index (κ2) is 10.9. The van der Waals surface area contributed by atoms with Crippen LogP contribution in [0.25, 0.3) is 28.1 Å². The standard InChI is InChI=1S/C22H20ClN5O2.C6H6N2O2/c1-13-26-20(27-30-13)19-18(23)16-4-2-3-5-17(16)28(19)15-8-6-14(7-9-15)12-25-21(29)22(24)10-11-22;1-4-2-8-5(3-7-4)6(9)10/h2-9H,10-12,24H2,1H3,(H,25,29);2-3H,1H3,(H,9,10). The second-order valence-corrected chi connectivity index (χ2v) is 9.88. The molecule has 204 valence electrons. The van der Waals surface area contributed by atoms with E-state index in [1.807, 2.05) is 53.1 Å². The Bertz CT molecular complexity index is 1690. The van der Waals surface area contributed by atoms with Crippen molar-refractivity contribution in [2.45, 2.75) is 38.8 Å². The highest BCUT2D eigenvalue weighted by atomic mass is 35.5. The lowest BCUT2D eigenvalue weighted by molar-refractivity contribution is -0.123. The zero-order valence-corrected chi connectivity index (χ0v) is 22.5. The van der Waals surface area contributed by atoms with Gasteiger partial charge in [0.25, 0.3) is 0 Å². The molecule has 1 amide bonds. The Balaban J connectivity index is 0.000000274. The molecule has 40 heavy (non-hydrogen) atoms. The minimum absolute atomic E-state index is 0.0226. The number of halogens is 1. The minimum atomic E-state index is -1.05. The lowest BCUT2D eigenvalue weighted by Gasteiger charge is -2.12. The molecule has 0 aliphatic heterocycles. The maximum Gasteiger partial charge on any atom is 0.356 e. The van der Waals surface area contributed by atoms with Crippen LogP contribution in [0.2, 0.25) is 5.02 Å². The van der Waals surface area contributed by atoms with Crippen molar-refractivity contribution < 1.29 is 19.2 Å². The molecular formula is C28H26ClN7O4. The number of aryl methyl sites for hydroxylation is 2. The molecule has 0 unspecified atom stereocenters. The van der Waals surface area contributed by atoms with E-state index in [4.69, 9.17) is 27.0 Å². The van der Waals surface area contributed by atoms with E-state index in [2.05, 4.69) is 25.4 Å². The number of carboxylic acid groups (broad SMARTS) is 1. The summed E-state index contributed by atoms with van der Waals surface area (Å²) in [7, 11) is 0. The first kappa shape index (κ1) is 27.0. The van der Waals surface area contributed by atoms with Crippen LogP contribution in [0.5, 0.6) is 0 Å². The van der Waals surface area contributed by atoms with Crippen molar-refractivity contribution in [3.8, 4) is 17.2 Å². The number of nitrogens with two attached hydrogens (primary N) is 1. The van der Waals surface area contributed by atoms with Crippen molar-refractivity contribution in [3.63, 3.8) is 0 Å². The summed E-state index contributed by atoms with van der Waals surface area (Å²) in [5.41, 5.74) is 9.47. The van der Waals surface area contributed by atoms with Crippen LogP contribution in [-0.4, -0.2) is 47.2 Å². The molecule has 1 aliphatic rings. The van der Waals surface area contributed by atoms with E-state index in [-0.39, 0.29) is 11.6 Å². The summed E-state index contributed by atoms with van der Waals surface area (Å²) in [4.78, 5) is 34.0. The number of benzene rings is 2. The van der Waals surface area contributed by atoms with Crippen LogP contribution < -0.4 is 11.1 Å². The molecule has 0 atom stereocenters. The van der Waals surface area contributed by atoms with Gasteiger partial charge in [-0.25, -0.2) is 9.78 Å². The maximum atomic E-state index is 12.1. The average molecular weight is 560 g/mol. The fourth-order valence-corrected chi connectivity index (χ4v) is 4.38. The molecule has 1 fully saturated rings. The molecular weight excluding hydrogens is 534 g/mol. The van der Waals surface area contributed by atoms with Crippen LogP contribution in [0.3, 0.4) is 0 Å². The summed E-state index contributed by atoms with van der Waals surface area (Å²) in [5, 5.41) is 16.8.